The second-order valence-corrected chi connectivity index (χ2v) is 1.49. The van der Waals surface area contributed by atoms with Gasteiger partial charge in [0, 0.05) is 13.8 Å². The van der Waals surface area contributed by atoms with Crippen LogP contribution in [0.2, 0.25) is 0 Å². The van der Waals surface area contributed by atoms with E-state index in [4.69, 9.17) is 30.0 Å². The van der Waals surface area contributed by atoms with Gasteiger partial charge in [0.05, 0.1) is 13.2 Å². The fourth-order valence-corrected chi connectivity index (χ4v) is 0. The summed E-state index contributed by atoms with van der Waals surface area (Å²) >= 11 is 0. The quantitative estimate of drug-likeness (QED) is 0.420. The molecule has 6 nitrogen and oxygen atoms in total. The zero-order valence-corrected chi connectivity index (χ0v) is 7.02. The number of carbonyl (C=O) groups is 2. The molecule has 0 aromatic rings. The highest BCUT2D eigenvalue weighted by Crippen LogP contribution is 1.42. The molecule has 0 saturated carbocycles. The SMILES string of the molecule is CC(=O)O.CC(=O)O.OCCO. The molecule has 0 aliphatic heterocycles. The predicted octanol–water partition coefficient (Wildman–Crippen LogP) is -0.847. The zero-order chi connectivity index (χ0) is 10.6. The summed E-state index contributed by atoms with van der Waals surface area (Å²) < 4.78 is 0. The van der Waals surface area contributed by atoms with E-state index in [-0.39, 0.29) is 13.2 Å². The van der Waals surface area contributed by atoms with Gasteiger partial charge in [0.1, 0.15) is 0 Å². The molecule has 0 rings (SSSR count). The smallest absolute Gasteiger partial charge is 0.300 e. The molecule has 0 spiro atoms. The van der Waals surface area contributed by atoms with Crippen molar-refractivity contribution in [3.63, 3.8) is 0 Å². The first kappa shape index (κ1) is 17.1. The summed E-state index contributed by atoms with van der Waals surface area (Å²) in [6.07, 6.45) is 0. The van der Waals surface area contributed by atoms with Crippen molar-refractivity contribution >= 4 is 11.9 Å². The monoisotopic (exact) mass is 182 g/mol. The van der Waals surface area contributed by atoms with Gasteiger partial charge in [0.15, 0.2) is 0 Å². The highest BCUT2D eigenvalue weighted by Gasteiger charge is 1.65. The van der Waals surface area contributed by atoms with Crippen LogP contribution >= 0.6 is 0 Å². The molecule has 0 fully saturated rings. The van der Waals surface area contributed by atoms with E-state index in [1.807, 2.05) is 0 Å². The van der Waals surface area contributed by atoms with Crippen LogP contribution < -0.4 is 0 Å². The molecule has 0 radical (unpaired) electrons. The Kier molecular flexibility index (Phi) is 23.4. The first-order chi connectivity index (χ1) is 5.38. The maximum Gasteiger partial charge on any atom is 0.300 e. The molecule has 74 valence electrons. The molecule has 0 aliphatic carbocycles. The highest BCUT2D eigenvalue weighted by atomic mass is 16.4. The van der Waals surface area contributed by atoms with Crippen molar-refractivity contribution < 1.29 is 30.0 Å². The lowest BCUT2D eigenvalue weighted by Crippen LogP contribution is -1.85. The van der Waals surface area contributed by atoms with Gasteiger partial charge in [-0.15, -0.1) is 0 Å². The molecule has 0 heterocycles. The molecule has 0 saturated heterocycles. The van der Waals surface area contributed by atoms with Gasteiger partial charge in [-0.3, -0.25) is 9.59 Å². The molecule has 6 heteroatoms. The Hall–Kier alpha value is -1.14. The van der Waals surface area contributed by atoms with Crippen molar-refractivity contribution in [3.05, 3.63) is 0 Å². The Bertz CT molecular complexity index is 88.6. The number of rotatable bonds is 1. The van der Waals surface area contributed by atoms with Crippen LogP contribution in [0, 0.1) is 0 Å². The van der Waals surface area contributed by atoms with E-state index >= 15 is 0 Å². The lowest BCUT2D eigenvalue weighted by Gasteiger charge is -1.70. The topological polar surface area (TPSA) is 115 Å². The third-order valence-corrected chi connectivity index (χ3v) is 0.1000. The van der Waals surface area contributed by atoms with Crippen LogP contribution in [0.15, 0.2) is 0 Å². The first-order valence-electron chi connectivity index (χ1n) is 2.99. The Balaban J connectivity index is -0.000000101. The first-order valence-corrected chi connectivity index (χ1v) is 2.99. The lowest BCUT2D eigenvalue weighted by atomic mass is 10.8. The van der Waals surface area contributed by atoms with Crippen molar-refractivity contribution in [2.45, 2.75) is 13.8 Å². The van der Waals surface area contributed by atoms with Crippen LogP contribution in [0.5, 0.6) is 0 Å². The minimum Gasteiger partial charge on any atom is -0.481 e. The summed E-state index contributed by atoms with van der Waals surface area (Å²) in [5.74, 6) is -1.67. The summed E-state index contributed by atoms with van der Waals surface area (Å²) in [7, 11) is 0. The van der Waals surface area contributed by atoms with Gasteiger partial charge in [-0.2, -0.15) is 0 Å². The summed E-state index contributed by atoms with van der Waals surface area (Å²) in [5, 5.41) is 30.1. The van der Waals surface area contributed by atoms with E-state index in [2.05, 4.69) is 0 Å². The molecule has 0 aliphatic rings. The average molecular weight is 182 g/mol. The lowest BCUT2D eigenvalue weighted by molar-refractivity contribution is -0.135. The molecular weight excluding hydrogens is 168 g/mol. The summed E-state index contributed by atoms with van der Waals surface area (Å²) in [5.41, 5.74) is 0. The standard InChI is InChI=1S/2C2H4O2.C2H6O2/c2*1-2(3)4;3-1-2-4/h2*1H3,(H,3,4);3-4H,1-2H2. The molecule has 0 aromatic heterocycles. The van der Waals surface area contributed by atoms with Gasteiger partial charge < -0.3 is 20.4 Å². The molecule has 12 heavy (non-hydrogen) atoms. The van der Waals surface area contributed by atoms with Crippen molar-refractivity contribution in [2.75, 3.05) is 13.2 Å². The number of aliphatic hydroxyl groups excluding tert-OH is 2. The van der Waals surface area contributed by atoms with Crippen molar-refractivity contribution in [1.29, 1.82) is 0 Å². The maximum atomic E-state index is 9.00. The molecule has 4 N–H and O–H groups in total. The van der Waals surface area contributed by atoms with Crippen LogP contribution in [-0.4, -0.2) is 45.6 Å². The summed E-state index contributed by atoms with van der Waals surface area (Å²) in [6.45, 7) is 1.92. The Morgan fingerprint density at radius 1 is 0.917 bits per heavy atom. The highest BCUT2D eigenvalue weighted by molar-refractivity contribution is 5.63. The Morgan fingerprint density at radius 3 is 1.00 bits per heavy atom. The van der Waals surface area contributed by atoms with Gasteiger partial charge in [0.25, 0.3) is 11.9 Å². The number of aliphatic hydroxyl groups is 2. The molecule has 0 amide bonds. The molecule has 0 aromatic carbocycles. The molecular formula is C6H14O6. The van der Waals surface area contributed by atoms with E-state index in [9.17, 15) is 0 Å². The van der Waals surface area contributed by atoms with Crippen LogP contribution in [-0.2, 0) is 9.59 Å². The van der Waals surface area contributed by atoms with Crippen LogP contribution in [0.3, 0.4) is 0 Å². The van der Waals surface area contributed by atoms with Crippen molar-refractivity contribution in [3.8, 4) is 0 Å². The third kappa shape index (κ3) is 27900. The maximum absolute atomic E-state index is 9.00. The van der Waals surface area contributed by atoms with Crippen molar-refractivity contribution in [2.24, 2.45) is 0 Å². The number of carboxylic acids is 2. The van der Waals surface area contributed by atoms with Gasteiger partial charge in [-0.05, 0) is 0 Å². The van der Waals surface area contributed by atoms with E-state index in [1.165, 1.54) is 0 Å². The average Bonchev–Trinajstić information content (AvgIpc) is 1.85. The number of hydrogen-bond acceptors (Lipinski definition) is 4. The van der Waals surface area contributed by atoms with E-state index < -0.39 is 11.9 Å². The Labute approximate surface area is 70.1 Å². The predicted molar refractivity (Wildman–Crippen MR) is 40.8 cm³/mol. The third-order valence-electron chi connectivity index (χ3n) is 0.1000. The zero-order valence-electron chi connectivity index (χ0n) is 7.02. The van der Waals surface area contributed by atoms with Crippen LogP contribution in [0.25, 0.3) is 0 Å². The second kappa shape index (κ2) is 16.4. The summed E-state index contributed by atoms with van der Waals surface area (Å²) in [4.78, 5) is 18.0. The summed E-state index contributed by atoms with van der Waals surface area (Å²) in [6, 6.07) is 0. The minimum absolute atomic E-state index is 0.125. The van der Waals surface area contributed by atoms with Crippen LogP contribution in [0.1, 0.15) is 13.8 Å². The van der Waals surface area contributed by atoms with Crippen molar-refractivity contribution in [1.82, 2.24) is 0 Å². The van der Waals surface area contributed by atoms with Crippen LogP contribution in [0.4, 0.5) is 0 Å². The largest absolute Gasteiger partial charge is 0.481 e. The van der Waals surface area contributed by atoms with E-state index in [0.29, 0.717) is 0 Å². The number of carboxylic acid groups (broad SMARTS) is 2. The Morgan fingerprint density at radius 2 is 1.00 bits per heavy atom. The fourth-order valence-electron chi connectivity index (χ4n) is 0. The molecule has 0 bridgehead atoms. The normalized spacial score (nSPS) is 6.67. The minimum atomic E-state index is -0.833. The fraction of sp³-hybridized carbons (Fsp3) is 0.667. The van der Waals surface area contributed by atoms with E-state index in [1.54, 1.807) is 0 Å². The second-order valence-electron chi connectivity index (χ2n) is 1.49. The van der Waals surface area contributed by atoms with Gasteiger partial charge in [0.2, 0.25) is 0 Å². The van der Waals surface area contributed by atoms with E-state index in [0.717, 1.165) is 13.8 Å². The number of hydrogen-bond donors (Lipinski definition) is 4. The number of aliphatic carboxylic acids is 2. The van der Waals surface area contributed by atoms with Gasteiger partial charge in [-0.25, -0.2) is 0 Å². The van der Waals surface area contributed by atoms with Gasteiger partial charge in [-0.1, -0.05) is 0 Å². The molecule has 0 unspecified atom stereocenters. The molecule has 0 atom stereocenters. The van der Waals surface area contributed by atoms with Gasteiger partial charge >= 0.3 is 0 Å².